The lowest BCUT2D eigenvalue weighted by molar-refractivity contribution is -0.140. The summed E-state index contributed by atoms with van der Waals surface area (Å²) < 4.78 is 48.2. The average Bonchev–Trinajstić information content (AvgIpc) is 2.96. The third kappa shape index (κ3) is 8.01. The van der Waals surface area contributed by atoms with Crippen molar-refractivity contribution in [3.8, 4) is 5.75 Å². The Hall–Kier alpha value is -3.63. The molecule has 0 radical (unpaired) electrons. The first-order valence-corrected chi connectivity index (χ1v) is 15.5. The van der Waals surface area contributed by atoms with Crippen LogP contribution < -0.4 is 14.4 Å². The number of amides is 2. The molecule has 0 unspecified atom stereocenters. The Morgan fingerprint density at radius 1 is 1.00 bits per heavy atom. The first kappa shape index (κ1) is 32.9. The molecule has 0 spiro atoms. The lowest BCUT2D eigenvalue weighted by Gasteiger charge is -2.34. The predicted molar refractivity (Wildman–Crippen MR) is 163 cm³/mol. The van der Waals surface area contributed by atoms with E-state index in [0.29, 0.717) is 12.0 Å². The number of nitrogens with one attached hydrogen (secondary N) is 1. The molecule has 0 aliphatic carbocycles. The molecule has 3 aromatic carbocycles. The predicted octanol–water partition coefficient (Wildman–Crippen LogP) is 5.71. The van der Waals surface area contributed by atoms with Crippen LogP contribution in [0, 0.1) is 12.7 Å². The first-order chi connectivity index (χ1) is 19.9. The van der Waals surface area contributed by atoms with Gasteiger partial charge < -0.3 is 15.0 Å². The molecule has 3 rings (SSSR count). The molecule has 0 aliphatic heterocycles. The number of methoxy groups -OCH3 is 1. The minimum absolute atomic E-state index is 0.0328. The highest BCUT2D eigenvalue weighted by molar-refractivity contribution is 7.92. The Labute approximate surface area is 252 Å². The van der Waals surface area contributed by atoms with Crippen LogP contribution in [0.4, 0.5) is 10.1 Å². The van der Waals surface area contributed by atoms with Crippen LogP contribution in [-0.4, -0.2) is 50.9 Å². The Morgan fingerprint density at radius 3 is 2.21 bits per heavy atom. The molecule has 0 fully saturated rings. The number of anilines is 1. The highest BCUT2D eigenvalue weighted by atomic mass is 35.5. The number of nitrogens with zero attached hydrogens (tertiary/aromatic N) is 2. The van der Waals surface area contributed by atoms with Gasteiger partial charge in [0.15, 0.2) is 0 Å². The van der Waals surface area contributed by atoms with Crippen molar-refractivity contribution >= 4 is 39.1 Å². The maximum absolute atomic E-state index is 14.2. The van der Waals surface area contributed by atoms with Crippen molar-refractivity contribution in [3.05, 3.63) is 88.7 Å². The first-order valence-electron chi connectivity index (χ1n) is 13.7. The molecule has 0 saturated carbocycles. The minimum atomic E-state index is -4.31. The van der Waals surface area contributed by atoms with Crippen LogP contribution in [-0.2, 0) is 26.2 Å². The molecule has 8 nitrogen and oxygen atoms in total. The van der Waals surface area contributed by atoms with Gasteiger partial charge in [0, 0.05) is 17.6 Å². The van der Waals surface area contributed by atoms with Crippen molar-refractivity contribution < 1.29 is 27.1 Å². The summed E-state index contributed by atoms with van der Waals surface area (Å²) >= 11 is 6.27. The van der Waals surface area contributed by atoms with Crippen molar-refractivity contribution in [2.75, 3.05) is 18.0 Å². The van der Waals surface area contributed by atoms with E-state index >= 15 is 0 Å². The number of hydrogen-bond donors (Lipinski definition) is 1. The summed E-state index contributed by atoms with van der Waals surface area (Å²) in [5, 5.41) is 3.16. The van der Waals surface area contributed by atoms with Gasteiger partial charge in [-0.1, -0.05) is 55.3 Å². The van der Waals surface area contributed by atoms with E-state index in [1.54, 1.807) is 25.1 Å². The van der Waals surface area contributed by atoms with E-state index in [1.165, 1.54) is 60.5 Å². The van der Waals surface area contributed by atoms with Crippen LogP contribution >= 0.6 is 11.6 Å². The van der Waals surface area contributed by atoms with Gasteiger partial charge in [0.2, 0.25) is 11.8 Å². The second-order valence-corrected chi connectivity index (χ2v) is 12.3. The van der Waals surface area contributed by atoms with Crippen molar-refractivity contribution in [1.82, 2.24) is 10.2 Å². The number of rotatable bonds is 13. The Kier molecular flexibility index (Phi) is 11.4. The van der Waals surface area contributed by atoms with E-state index in [2.05, 4.69) is 5.32 Å². The maximum atomic E-state index is 14.2. The van der Waals surface area contributed by atoms with Gasteiger partial charge in [0.1, 0.15) is 24.2 Å². The number of ether oxygens (including phenoxy) is 1. The Bertz CT molecular complexity index is 1480. The molecular weight excluding hydrogens is 581 g/mol. The zero-order valence-corrected chi connectivity index (χ0v) is 26.0. The van der Waals surface area contributed by atoms with Crippen LogP contribution in [0.2, 0.25) is 5.02 Å². The fourth-order valence-corrected chi connectivity index (χ4v) is 5.94. The zero-order chi connectivity index (χ0) is 31.0. The van der Waals surface area contributed by atoms with Crippen molar-refractivity contribution in [3.63, 3.8) is 0 Å². The van der Waals surface area contributed by atoms with Crippen LogP contribution in [0.25, 0.3) is 0 Å². The van der Waals surface area contributed by atoms with Gasteiger partial charge >= 0.3 is 0 Å². The van der Waals surface area contributed by atoms with Gasteiger partial charge in [0.25, 0.3) is 10.0 Å². The van der Waals surface area contributed by atoms with Gasteiger partial charge in [-0.3, -0.25) is 13.9 Å². The quantitative estimate of drug-likeness (QED) is 0.265. The lowest BCUT2D eigenvalue weighted by atomic mass is 10.1. The fourth-order valence-electron chi connectivity index (χ4n) is 4.36. The second kappa shape index (κ2) is 14.5. The van der Waals surface area contributed by atoms with Crippen LogP contribution in [0.15, 0.2) is 71.6 Å². The monoisotopic (exact) mass is 617 g/mol. The minimum Gasteiger partial charge on any atom is -0.495 e. The van der Waals surface area contributed by atoms with Crippen LogP contribution in [0.5, 0.6) is 5.75 Å². The summed E-state index contributed by atoms with van der Waals surface area (Å²) in [6.07, 6.45) is 0.950. The lowest BCUT2D eigenvalue weighted by Crippen LogP contribution is -2.53. The Balaban J connectivity index is 2.12. The Morgan fingerprint density at radius 2 is 1.64 bits per heavy atom. The van der Waals surface area contributed by atoms with Gasteiger partial charge in [-0.25, -0.2) is 12.8 Å². The van der Waals surface area contributed by atoms with Crippen molar-refractivity contribution in [2.24, 2.45) is 0 Å². The molecular formula is C31H37ClFN3O5S. The average molecular weight is 618 g/mol. The fraction of sp³-hybridized carbons (Fsp3) is 0.355. The van der Waals surface area contributed by atoms with Crippen molar-refractivity contribution in [1.29, 1.82) is 0 Å². The zero-order valence-electron chi connectivity index (χ0n) is 24.4. The molecule has 0 aromatic heterocycles. The third-order valence-corrected chi connectivity index (χ3v) is 8.96. The van der Waals surface area contributed by atoms with Crippen molar-refractivity contribution in [2.45, 2.75) is 64.1 Å². The highest BCUT2D eigenvalue weighted by Gasteiger charge is 2.35. The van der Waals surface area contributed by atoms with Gasteiger partial charge in [0.05, 0.1) is 17.7 Å². The van der Waals surface area contributed by atoms with Gasteiger partial charge in [-0.15, -0.1) is 0 Å². The smallest absolute Gasteiger partial charge is 0.264 e. The number of benzene rings is 3. The van der Waals surface area contributed by atoms with E-state index < -0.39 is 34.3 Å². The molecule has 0 aliphatic rings. The third-order valence-electron chi connectivity index (χ3n) is 6.95. The topological polar surface area (TPSA) is 96.0 Å². The van der Waals surface area contributed by atoms with Gasteiger partial charge in [-0.2, -0.15) is 0 Å². The standard InChI is InChI=1S/C31H37ClFN3O5S/c1-6-22(4)34-31(38)27(7-2)35(19-23-10-13-25(33)14-11-23)30(37)20-36(28-18-24(32)12-17-29(28)41-5)42(39,40)26-15-8-21(3)9-16-26/h8-18,22,27H,6-7,19-20H2,1-5H3,(H,34,38)/t22-,27-/m0/s1. The van der Waals surface area contributed by atoms with Gasteiger partial charge in [-0.05, 0) is 74.7 Å². The van der Waals surface area contributed by atoms with E-state index in [4.69, 9.17) is 16.3 Å². The molecule has 42 heavy (non-hydrogen) atoms. The molecule has 0 heterocycles. The van der Waals surface area contributed by atoms with Crippen LogP contribution in [0.3, 0.4) is 0 Å². The number of aryl methyl sites for hydroxylation is 1. The molecule has 2 atom stereocenters. The number of carbonyl (C=O) groups excluding carboxylic acids is 2. The summed E-state index contributed by atoms with van der Waals surface area (Å²) in [7, 11) is -2.92. The largest absolute Gasteiger partial charge is 0.495 e. The number of sulfonamides is 1. The number of carbonyl (C=O) groups is 2. The summed E-state index contributed by atoms with van der Waals surface area (Å²) in [5.74, 6) is -1.25. The molecule has 1 N–H and O–H groups in total. The molecule has 3 aromatic rings. The normalized spacial score (nSPS) is 12.7. The summed E-state index contributed by atoms with van der Waals surface area (Å²) in [6, 6.07) is 15.3. The van der Waals surface area contributed by atoms with Crippen LogP contribution in [0.1, 0.15) is 44.7 Å². The number of hydrogen-bond acceptors (Lipinski definition) is 5. The maximum Gasteiger partial charge on any atom is 0.264 e. The molecule has 11 heteroatoms. The second-order valence-electron chi connectivity index (χ2n) is 10.0. The molecule has 0 saturated heterocycles. The molecule has 2 amide bonds. The number of halogens is 2. The van der Waals surface area contributed by atoms with E-state index in [1.807, 2.05) is 20.8 Å². The molecule has 0 bridgehead atoms. The summed E-state index contributed by atoms with van der Waals surface area (Å²) in [4.78, 5) is 28.8. The van der Waals surface area contributed by atoms with E-state index in [9.17, 15) is 22.4 Å². The summed E-state index contributed by atoms with van der Waals surface area (Å²) in [6.45, 7) is 6.70. The SMILES string of the molecule is CC[C@H](C)NC(=O)[C@H](CC)N(Cc1ccc(F)cc1)C(=O)CN(c1cc(Cl)ccc1OC)S(=O)(=O)c1ccc(C)cc1. The van der Waals surface area contributed by atoms with E-state index in [-0.39, 0.29) is 46.3 Å². The molecule has 226 valence electrons. The summed E-state index contributed by atoms with van der Waals surface area (Å²) in [5.41, 5.74) is 1.51. The van der Waals surface area contributed by atoms with E-state index in [0.717, 1.165) is 9.87 Å². The highest BCUT2D eigenvalue weighted by Crippen LogP contribution is 2.35.